The molecule has 0 bridgehead atoms. The number of carbonyl (C=O) groups excluding carboxylic acids is 2. The molecule has 0 radical (unpaired) electrons. The Balaban J connectivity index is 1.26. The van der Waals surface area contributed by atoms with Gasteiger partial charge < -0.3 is 15.5 Å². The third kappa shape index (κ3) is 4.90. The summed E-state index contributed by atoms with van der Waals surface area (Å²) in [4.78, 5) is 43.1. The van der Waals surface area contributed by atoms with Gasteiger partial charge in [0.05, 0.1) is 6.04 Å². The Bertz CT molecular complexity index is 1470. The van der Waals surface area contributed by atoms with E-state index in [-0.39, 0.29) is 29.8 Å². The molecule has 1 aliphatic carbocycles. The van der Waals surface area contributed by atoms with Crippen LogP contribution in [0.2, 0.25) is 0 Å². The lowest BCUT2D eigenvalue weighted by molar-refractivity contribution is 0.0931. The lowest BCUT2D eigenvalue weighted by atomic mass is 9.97. The highest BCUT2D eigenvalue weighted by atomic mass is 19.1. The van der Waals surface area contributed by atoms with E-state index < -0.39 is 11.8 Å². The van der Waals surface area contributed by atoms with Crippen LogP contribution in [-0.2, 0) is 17.8 Å². The van der Waals surface area contributed by atoms with E-state index in [1.54, 1.807) is 19.1 Å². The van der Waals surface area contributed by atoms with Crippen molar-refractivity contribution in [2.45, 2.75) is 39.3 Å². The zero-order chi connectivity index (χ0) is 26.1. The number of halogens is 1. The molecule has 188 valence electrons. The van der Waals surface area contributed by atoms with E-state index in [0.29, 0.717) is 17.3 Å². The second-order valence-corrected chi connectivity index (χ2v) is 8.98. The van der Waals surface area contributed by atoms with Crippen LogP contribution in [0.3, 0.4) is 0 Å². The summed E-state index contributed by atoms with van der Waals surface area (Å²) in [5.41, 5.74) is 8.38. The van der Waals surface area contributed by atoms with Gasteiger partial charge in [-0.05, 0) is 67.2 Å². The molecular formula is C27H25FN6O3. The van der Waals surface area contributed by atoms with Crippen LogP contribution in [0.4, 0.5) is 4.39 Å². The van der Waals surface area contributed by atoms with Gasteiger partial charge in [-0.3, -0.25) is 9.59 Å². The number of benzene rings is 2. The Morgan fingerprint density at radius 1 is 1.14 bits per heavy atom. The molecule has 9 nitrogen and oxygen atoms in total. The smallest absolute Gasteiger partial charge is 0.270 e. The van der Waals surface area contributed by atoms with Crippen LogP contribution in [0.25, 0.3) is 0 Å². The van der Waals surface area contributed by atoms with Crippen molar-refractivity contribution in [1.82, 2.24) is 26.1 Å². The van der Waals surface area contributed by atoms with Crippen LogP contribution in [0, 0.1) is 19.7 Å². The van der Waals surface area contributed by atoms with Gasteiger partial charge in [0.25, 0.3) is 11.8 Å². The van der Waals surface area contributed by atoms with Crippen LogP contribution in [-0.4, -0.2) is 27.6 Å². The van der Waals surface area contributed by atoms with Crippen LogP contribution in [0.5, 0.6) is 0 Å². The largest absolute Gasteiger partial charge is 0.361 e. The van der Waals surface area contributed by atoms with Gasteiger partial charge in [0.2, 0.25) is 5.88 Å². The minimum Gasteiger partial charge on any atom is -0.361 e. The average Bonchev–Trinajstić information content (AvgIpc) is 3.51. The molecule has 3 N–H and O–H groups in total. The third-order valence-electron chi connectivity index (χ3n) is 6.56. The lowest BCUT2D eigenvalue weighted by Gasteiger charge is -2.16. The van der Waals surface area contributed by atoms with Crippen molar-refractivity contribution in [3.63, 3.8) is 0 Å². The number of nitrogens with one attached hydrogen (secondary N) is 3. The number of hydrogen-bond donors (Lipinski definition) is 3. The number of amidine groups is 1. The molecule has 5 rings (SSSR count). The maximum absolute atomic E-state index is 13.5. The van der Waals surface area contributed by atoms with E-state index in [0.717, 1.165) is 40.7 Å². The highest BCUT2D eigenvalue weighted by Crippen LogP contribution is 2.35. The fourth-order valence-corrected chi connectivity index (χ4v) is 4.61. The van der Waals surface area contributed by atoms with Gasteiger partial charge in [-0.2, -0.15) is 4.99 Å². The molecule has 2 heterocycles. The first-order valence-corrected chi connectivity index (χ1v) is 11.8. The molecule has 2 amide bonds. The molecule has 10 heteroatoms. The Morgan fingerprint density at radius 3 is 2.65 bits per heavy atom. The standard InChI is InChI=1S/C27H25FN6O3/c1-14-10-17(4-8-21(14)28)12-29-26(35)23-11-24(31-13-30-23)27(36)33-22-9-7-18-15(2)19(5-6-20(18)22)25-32-16(3)37-34-25/h4-6,8,10-11,13,22H,3,7,9,12H2,1-2H3,(H,29,35)(H,32,34)(H,33,36)/t22-/m0/s1. The highest BCUT2D eigenvalue weighted by molar-refractivity contribution is 6.01. The molecule has 1 atom stereocenters. The summed E-state index contributed by atoms with van der Waals surface area (Å²) < 4.78 is 13.5. The van der Waals surface area contributed by atoms with Gasteiger partial charge >= 0.3 is 0 Å². The van der Waals surface area contributed by atoms with E-state index in [2.05, 4.69) is 37.7 Å². The van der Waals surface area contributed by atoms with Crippen molar-refractivity contribution in [1.29, 1.82) is 0 Å². The maximum Gasteiger partial charge on any atom is 0.270 e. The molecule has 2 aromatic carbocycles. The van der Waals surface area contributed by atoms with E-state index in [9.17, 15) is 14.0 Å². The van der Waals surface area contributed by atoms with Crippen LogP contribution < -0.4 is 16.1 Å². The number of hydrogen-bond acceptors (Lipinski definition) is 7. The molecule has 0 saturated carbocycles. The number of amides is 2. The van der Waals surface area contributed by atoms with Gasteiger partial charge in [0, 0.05) is 18.2 Å². The van der Waals surface area contributed by atoms with E-state index in [4.69, 9.17) is 4.84 Å². The first-order valence-electron chi connectivity index (χ1n) is 11.8. The molecule has 0 fully saturated rings. The fourth-order valence-electron chi connectivity index (χ4n) is 4.61. The normalized spacial score (nSPS) is 15.9. The summed E-state index contributed by atoms with van der Waals surface area (Å²) in [6, 6.07) is 9.74. The molecular weight excluding hydrogens is 475 g/mol. The number of carbonyl (C=O) groups is 2. The lowest BCUT2D eigenvalue weighted by Crippen LogP contribution is -2.29. The second-order valence-electron chi connectivity index (χ2n) is 8.98. The number of aliphatic imine (C=N–C) groups is 1. The number of aromatic nitrogens is 2. The highest BCUT2D eigenvalue weighted by Gasteiger charge is 2.28. The molecule has 3 aromatic rings. The van der Waals surface area contributed by atoms with Crippen LogP contribution in [0.1, 0.15) is 66.8 Å². The zero-order valence-corrected chi connectivity index (χ0v) is 20.4. The Kier molecular flexibility index (Phi) is 6.39. The number of hydroxylamine groups is 1. The van der Waals surface area contributed by atoms with Crippen LogP contribution in [0.15, 0.2) is 60.2 Å². The van der Waals surface area contributed by atoms with Gasteiger partial charge in [-0.25, -0.2) is 19.8 Å². The molecule has 1 aromatic heterocycles. The maximum atomic E-state index is 13.5. The van der Waals surface area contributed by atoms with E-state index >= 15 is 0 Å². The summed E-state index contributed by atoms with van der Waals surface area (Å²) in [5, 5.41) is 5.77. The predicted molar refractivity (Wildman–Crippen MR) is 134 cm³/mol. The topological polar surface area (TPSA) is 118 Å². The number of rotatable bonds is 6. The summed E-state index contributed by atoms with van der Waals surface area (Å²) in [6.07, 6.45) is 2.73. The van der Waals surface area contributed by atoms with Crippen molar-refractivity contribution in [2.75, 3.05) is 0 Å². The quantitative estimate of drug-likeness (QED) is 0.478. The zero-order valence-electron chi connectivity index (χ0n) is 20.4. The fraction of sp³-hybridized carbons (Fsp3) is 0.222. The van der Waals surface area contributed by atoms with Gasteiger partial charge in [-0.15, -0.1) is 0 Å². The summed E-state index contributed by atoms with van der Waals surface area (Å²) in [7, 11) is 0. The molecule has 0 saturated heterocycles. The molecule has 0 unspecified atom stereocenters. The molecule has 2 aliphatic rings. The number of fused-ring (bicyclic) bond motifs is 1. The first kappa shape index (κ1) is 24.1. The molecule has 37 heavy (non-hydrogen) atoms. The minimum absolute atomic E-state index is 0.0694. The van der Waals surface area contributed by atoms with Crippen LogP contribution >= 0.6 is 0 Å². The van der Waals surface area contributed by atoms with Crippen molar-refractivity contribution in [2.24, 2.45) is 4.99 Å². The predicted octanol–water partition coefficient (Wildman–Crippen LogP) is 3.33. The Hall–Kier alpha value is -4.60. The number of nitrogens with zero attached hydrogens (tertiary/aromatic N) is 3. The van der Waals surface area contributed by atoms with E-state index in [1.807, 2.05) is 19.1 Å². The van der Waals surface area contributed by atoms with Gasteiger partial charge in [0.15, 0.2) is 5.84 Å². The summed E-state index contributed by atoms with van der Waals surface area (Å²) in [6.45, 7) is 7.57. The first-order chi connectivity index (χ1) is 17.8. The summed E-state index contributed by atoms with van der Waals surface area (Å²) in [5.74, 6) is -0.231. The summed E-state index contributed by atoms with van der Waals surface area (Å²) >= 11 is 0. The molecule has 0 spiro atoms. The monoisotopic (exact) mass is 500 g/mol. The SMILES string of the molecule is C=C1N=C(c2ccc3c(c2C)CC[C@@H]3NC(=O)c2cc(C(=O)NCc3ccc(F)c(C)c3)ncn2)NO1. The van der Waals surface area contributed by atoms with Gasteiger partial charge in [-0.1, -0.05) is 24.3 Å². The van der Waals surface area contributed by atoms with E-state index in [1.165, 1.54) is 18.5 Å². The van der Waals surface area contributed by atoms with Crippen molar-refractivity contribution in [3.05, 3.63) is 106 Å². The van der Waals surface area contributed by atoms with Gasteiger partial charge in [0.1, 0.15) is 23.5 Å². The minimum atomic E-state index is -0.456. The van der Waals surface area contributed by atoms with Crippen molar-refractivity contribution >= 4 is 17.6 Å². The van der Waals surface area contributed by atoms with Crippen molar-refractivity contribution in [3.8, 4) is 0 Å². The Morgan fingerprint density at radius 2 is 1.92 bits per heavy atom. The average molecular weight is 501 g/mol. The van der Waals surface area contributed by atoms with Crippen molar-refractivity contribution < 1.29 is 18.8 Å². The second kappa shape index (κ2) is 9.81. The molecule has 1 aliphatic heterocycles. The Labute approximate surface area is 212 Å². The third-order valence-corrected chi connectivity index (χ3v) is 6.56. The number of aryl methyl sites for hydroxylation is 1.